The van der Waals surface area contributed by atoms with Gasteiger partial charge >= 0.3 is 5.97 Å². The molecule has 0 fully saturated rings. The second-order valence-corrected chi connectivity index (χ2v) is 9.75. The lowest BCUT2D eigenvalue weighted by Gasteiger charge is -2.17. The fourth-order valence-electron chi connectivity index (χ4n) is 3.50. The zero-order valence-electron chi connectivity index (χ0n) is 20.7. The molecule has 1 unspecified atom stereocenters. The summed E-state index contributed by atoms with van der Waals surface area (Å²) < 4.78 is 18.3. The third kappa shape index (κ3) is 7.34. The first kappa shape index (κ1) is 27.7. The van der Waals surface area contributed by atoms with Crippen molar-refractivity contribution >= 4 is 44.0 Å². The van der Waals surface area contributed by atoms with Gasteiger partial charge in [0.05, 0.1) is 35.3 Å². The fraction of sp³-hybridized carbons (Fsp3) is 0.286. The molecule has 3 aromatic carbocycles. The SMILES string of the molecule is CCOC(=O)Cc1ccccc1O/N=C/c1cc(Br)c(Oc2ccc(OC)c(C(C)CC)c2)c(Br)c1. The van der Waals surface area contributed by atoms with Crippen molar-refractivity contribution in [3.63, 3.8) is 0 Å². The highest BCUT2D eigenvalue weighted by molar-refractivity contribution is 9.11. The molecular weight excluding hydrogens is 590 g/mol. The number of ether oxygens (including phenoxy) is 3. The maximum absolute atomic E-state index is 11.9. The van der Waals surface area contributed by atoms with E-state index in [0.29, 0.717) is 29.6 Å². The Hall–Kier alpha value is -2.84. The molecule has 0 saturated carbocycles. The van der Waals surface area contributed by atoms with Crippen molar-refractivity contribution in [3.8, 4) is 23.0 Å². The van der Waals surface area contributed by atoms with Crippen LogP contribution < -0.4 is 14.3 Å². The maximum atomic E-state index is 11.9. The highest BCUT2D eigenvalue weighted by Gasteiger charge is 2.15. The molecule has 0 spiro atoms. The number of hydrogen-bond acceptors (Lipinski definition) is 6. The van der Waals surface area contributed by atoms with E-state index in [1.807, 2.05) is 48.5 Å². The molecule has 1 atom stereocenters. The van der Waals surface area contributed by atoms with Gasteiger partial charge in [0.25, 0.3) is 0 Å². The summed E-state index contributed by atoms with van der Waals surface area (Å²) in [6.45, 7) is 6.42. The van der Waals surface area contributed by atoms with Crippen LogP contribution in [0.2, 0.25) is 0 Å². The van der Waals surface area contributed by atoms with Crippen LogP contribution in [-0.4, -0.2) is 25.9 Å². The quantitative estimate of drug-likeness (QED) is 0.124. The van der Waals surface area contributed by atoms with Crippen LogP contribution in [0.4, 0.5) is 0 Å². The third-order valence-corrected chi connectivity index (χ3v) is 6.73. The second kappa shape index (κ2) is 13.5. The van der Waals surface area contributed by atoms with Crippen LogP contribution in [0, 0.1) is 0 Å². The number of benzene rings is 3. The second-order valence-electron chi connectivity index (χ2n) is 8.04. The van der Waals surface area contributed by atoms with Crippen LogP contribution in [0.25, 0.3) is 0 Å². The van der Waals surface area contributed by atoms with Gasteiger partial charge in [0.1, 0.15) is 11.5 Å². The molecule has 0 amide bonds. The smallest absolute Gasteiger partial charge is 0.310 e. The molecule has 190 valence electrons. The molecule has 0 heterocycles. The van der Waals surface area contributed by atoms with Crippen LogP contribution >= 0.6 is 31.9 Å². The van der Waals surface area contributed by atoms with E-state index >= 15 is 0 Å². The fourth-order valence-corrected chi connectivity index (χ4v) is 4.88. The Kier molecular flexibility index (Phi) is 10.4. The monoisotopic (exact) mass is 617 g/mol. The minimum Gasteiger partial charge on any atom is -0.496 e. The molecule has 0 aliphatic carbocycles. The van der Waals surface area contributed by atoms with E-state index in [1.165, 1.54) is 0 Å². The first-order chi connectivity index (χ1) is 17.4. The lowest BCUT2D eigenvalue weighted by Crippen LogP contribution is -2.08. The summed E-state index contributed by atoms with van der Waals surface area (Å²) in [7, 11) is 1.68. The van der Waals surface area contributed by atoms with Crippen LogP contribution in [0.5, 0.6) is 23.0 Å². The van der Waals surface area contributed by atoms with E-state index in [2.05, 4.69) is 50.9 Å². The number of halogens is 2. The molecule has 3 rings (SSSR count). The average molecular weight is 619 g/mol. The predicted molar refractivity (Wildman–Crippen MR) is 149 cm³/mol. The van der Waals surface area contributed by atoms with E-state index < -0.39 is 0 Å². The van der Waals surface area contributed by atoms with Crippen molar-refractivity contribution in [1.82, 2.24) is 0 Å². The normalized spacial score (nSPS) is 11.8. The summed E-state index contributed by atoms with van der Waals surface area (Å²) in [6.07, 6.45) is 2.71. The van der Waals surface area contributed by atoms with Gasteiger partial charge in [-0.2, -0.15) is 0 Å². The van der Waals surface area contributed by atoms with Crippen molar-refractivity contribution in [2.75, 3.05) is 13.7 Å². The lowest BCUT2D eigenvalue weighted by molar-refractivity contribution is -0.142. The zero-order valence-corrected chi connectivity index (χ0v) is 23.9. The van der Waals surface area contributed by atoms with Gasteiger partial charge < -0.3 is 19.0 Å². The van der Waals surface area contributed by atoms with E-state index in [4.69, 9.17) is 19.0 Å². The number of esters is 1. The summed E-state index contributed by atoms with van der Waals surface area (Å²) in [4.78, 5) is 17.4. The molecule has 6 nitrogen and oxygen atoms in total. The van der Waals surface area contributed by atoms with Crippen molar-refractivity contribution in [2.24, 2.45) is 5.16 Å². The van der Waals surface area contributed by atoms with Crippen molar-refractivity contribution in [3.05, 3.63) is 80.2 Å². The van der Waals surface area contributed by atoms with Crippen molar-refractivity contribution in [1.29, 1.82) is 0 Å². The summed E-state index contributed by atoms with van der Waals surface area (Å²) in [5.74, 6) is 2.75. The number of carbonyl (C=O) groups is 1. The Bertz CT molecular complexity index is 1210. The topological polar surface area (TPSA) is 66.4 Å². The summed E-state index contributed by atoms with van der Waals surface area (Å²) >= 11 is 7.20. The van der Waals surface area contributed by atoms with Gasteiger partial charge in [-0.15, -0.1) is 0 Å². The number of oxime groups is 1. The summed E-state index contributed by atoms with van der Waals surface area (Å²) in [5, 5.41) is 4.11. The molecule has 0 saturated heterocycles. The standard InChI is InChI=1S/C28H29Br2NO5/c1-5-18(3)22-16-21(11-12-26(22)33-4)35-28-23(29)13-19(14-24(28)30)17-31-36-25-10-8-7-9-20(25)15-27(32)34-6-2/h7-14,16-18H,5-6,15H2,1-4H3/b31-17+. The maximum Gasteiger partial charge on any atom is 0.310 e. The first-order valence-corrected chi connectivity index (χ1v) is 13.2. The highest BCUT2D eigenvalue weighted by Crippen LogP contribution is 2.40. The predicted octanol–water partition coefficient (Wildman–Crippen LogP) is 8.04. The van der Waals surface area contributed by atoms with Gasteiger partial charge in [0.15, 0.2) is 11.5 Å². The van der Waals surface area contributed by atoms with Crippen LogP contribution in [0.3, 0.4) is 0 Å². The molecule has 0 bridgehead atoms. The zero-order chi connectivity index (χ0) is 26.1. The highest BCUT2D eigenvalue weighted by atomic mass is 79.9. The molecule has 0 aromatic heterocycles. The van der Waals surface area contributed by atoms with E-state index in [9.17, 15) is 4.79 Å². The Morgan fingerprint density at radius 2 is 1.75 bits per heavy atom. The van der Waals surface area contributed by atoms with Gasteiger partial charge in [0.2, 0.25) is 0 Å². The molecule has 0 aliphatic heterocycles. The molecule has 8 heteroatoms. The van der Waals surface area contributed by atoms with E-state index in [1.54, 1.807) is 26.3 Å². The number of nitrogens with zero attached hydrogens (tertiary/aromatic N) is 1. The minimum absolute atomic E-state index is 0.118. The molecule has 0 radical (unpaired) electrons. The van der Waals surface area contributed by atoms with Crippen LogP contribution in [0.1, 0.15) is 49.8 Å². The summed E-state index contributed by atoms with van der Waals surface area (Å²) in [5.41, 5.74) is 2.60. The minimum atomic E-state index is -0.311. The van der Waals surface area contributed by atoms with Crippen molar-refractivity contribution < 1.29 is 23.8 Å². The Morgan fingerprint density at radius 3 is 2.42 bits per heavy atom. The number of carbonyl (C=O) groups excluding carboxylic acids is 1. The summed E-state index contributed by atoms with van der Waals surface area (Å²) in [6, 6.07) is 16.8. The number of para-hydroxylation sites is 1. The van der Waals surface area contributed by atoms with E-state index in [0.717, 1.165) is 38.0 Å². The molecule has 3 aromatic rings. The average Bonchev–Trinajstić information content (AvgIpc) is 2.86. The van der Waals surface area contributed by atoms with Crippen LogP contribution in [-0.2, 0) is 16.0 Å². The number of rotatable bonds is 11. The first-order valence-electron chi connectivity index (χ1n) is 11.6. The Morgan fingerprint density at radius 1 is 1.03 bits per heavy atom. The number of methoxy groups -OCH3 is 1. The third-order valence-electron chi connectivity index (χ3n) is 5.55. The molecule has 0 aliphatic rings. The van der Waals surface area contributed by atoms with Crippen molar-refractivity contribution in [2.45, 2.75) is 39.5 Å². The molecular formula is C28H29Br2NO5. The van der Waals surface area contributed by atoms with E-state index in [-0.39, 0.29) is 12.4 Å². The van der Waals surface area contributed by atoms with Gasteiger partial charge in [-0.1, -0.05) is 37.2 Å². The lowest BCUT2D eigenvalue weighted by atomic mass is 9.97. The number of hydrogen-bond donors (Lipinski definition) is 0. The molecule has 36 heavy (non-hydrogen) atoms. The molecule has 0 N–H and O–H groups in total. The van der Waals surface area contributed by atoms with Gasteiger partial charge in [-0.25, -0.2) is 0 Å². The largest absolute Gasteiger partial charge is 0.496 e. The Labute approximate surface area is 228 Å². The van der Waals surface area contributed by atoms with Crippen LogP contribution in [0.15, 0.2) is 68.7 Å². The van der Waals surface area contributed by atoms with Gasteiger partial charge in [-0.05, 0) is 93.1 Å². The van der Waals surface area contributed by atoms with Gasteiger partial charge in [0, 0.05) is 11.1 Å². The Balaban J connectivity index is 1.75. The van der Waals surface area contributed by atoms with Gasteiger partial charge in [-0.3, -0.25) is 4.79 Å².